The second-order valence-electron chi connectivity index (χ2n) is 3.96. The summed E-state index contributed by atoms with van der Waals surface area (Å²) in [5, 5.41) is 4.15. The topological polar surface area (TPSA) is 43.1 Å². The maximum atomic E-state index is 12.2. The summed E-state index contributed by atoms with van der Waals surface area (Å²) in [6.45, 7) is 1.97. The number of benzene rings is 1. The second-order valence-corrected chi connectivity index (χ2v) is 6.28. The van der Waals surface area contributed by atoms with Gasteiger partial charge in [0.1, 0.15) is 0 Å². The average molecular weight is 265 g/mol. The summed E-state index contributed by atoms with van der Waals surface area (Å²) >= 11 is 1.67. The molecule has 0 amide bonds. The highest BCUT2D eigenvalue weighted by Gasteiger charge is 2.08. The monoisotopic (exact) mass is 265 g/mol. The Kier molecular flexibility index (Phi) is 3.97. The molecule has 1 aromatic carbocycles. The van der Waals surface area contributed by atoms with Crippen molar-refractivity contribution in [2.45, 2.75) is 18.2 Å². The molecular formula is C13H15NOS2. The minimum absolute atomic E-state index is 0.654. The van der Waals surface area contributed by atoms with E-state index >= 15 is 0 Å². The summed E-state index contributed by atoms with van der Waals surface area (Å²) in [5.41, 5.74) is 8.70. The number of anilines is 1. The molecule has 1 unspecified atom stereocenters. The summed E-state index contributed by atoms with van der Waals surface area (Å²) < 4.78 is 12.2. The number of nitrogen functional groups attached to an aromatic ring is 1. The molecule has 1 heterocycles. The Balaban J connectivity index is 2.07. The lowest BCUT2D eigenvalue weighted by Crippen LogP contribution is -2.03. The molecule has 1 aromatic heterocycles. The van der Waals surface area contributed by atoms with Crippen LogP contribution in [-0.2, 0) is 17.2 Å². The lowest BCUT2D eigenvalue weighted by atomic mass is 10.2. The molecule has 0 saturated heterocycles. The molecule has 0 saturated carbocycles. The first-order valence-corrected chi connectivity index (χ1v) is 7.68. The molecule has 17 heavy (non-hydrogen) atoms. The molecule has 0 spiro atoms. The Morgan fingerprint density at radius 3 is 2.88 bits per heavy atom. The van der Waals surface area contributed by atoms with E-state index in [1.54, 1.807) is 11.3 Å². The SMILES string of the molecule is Cc1ccc(N)cc1S(=O)CCc1ccsc1. The van der Waals surface area contributed by atoms with Crippen molar-refractivity contribution in [3.63, 3.8) is 0 Å². The van der Waals surface area contributed by atoms with Crippen molar-refractivity contribution >= 4 is 27.8 Å². The van der Waals surface area contributed by atoms with Gasteiger partial charge in [0.05, 0.1) is 10.8 Å². The van der Waals surface area contributed by atoms with Crippen LogP contribution in [0.3, 0.4) is 0 Å². The molecule has 4 heteroatoms. The summed E-state index contributed by atoms with van der Waals surface area (Å²) in [4.78, 5) is 0.861. The first-order valence-electron chi connectivity index (χ1n) is 5.42. The van der Waals surface area contributed by atoms with Crippen LogP contribution in [0.4, 0.5) is 5.69 Å². The number of aryl methyl sites for hydroxylation is 2. The van der Waals surface area contributed by atoms with Crippen LogP contribution >= 0.6 is 11.3 Å². The third kappa shape index (κ3) is 3.17. The van der Waals surface area contributed by atoms with Crippen LogP contribution < -0.4 is 5.73 Å². The summed E-state index contributed by atoms with van der Waals surface area (Å²) in [6.07, 6.45) is 0.852. The van der Waals surface area contributed by atoms with Crippen molar-refractivity contribution < 1.29 is 4.21 Å². The molecule has 2 rings (SSSR count). The molecule has 0 fully saturated rings. The summed E-state index contributed by atoms with van der Waals surface area (Å²) in [7, 11) is -0.965. The molecule has 0 aliphatic heterocycles. The molecule has 0 aliphatic rings. The third-order valence-corrected chi connectivity index (χ3v) is 4.85. The highest BCUT2D eigenvalue weighted by molar-refractivity contribution is 7.85. The van der Waals surface area contributed by atoms with Crippen LogP contribution in [0.1, 0.15) is 11.1 Å². The first kappa shape index (κ1) is 12.3. The fourth-order valence-electron chi connectivity index (χ4n) is 1.62. The van der Waals surface area contributed by atoms with Gasteiger partial charge in [0.2, 0.25) is 0 Å². The molecule has 0 radical (unpaired) electrons. The largest absolute Gasteiger partial charge is 0.399 e. The number of rotatable bonds is 4. The quantitative estimate of drug-likeness (QED) is 0.864. The standard InChI is InChI=1S/C13H15NOS2/c1-10-2-3-12(14)8-13(10)17(15)7-5-11-4-6-16-9-11/h2-4,6,8-9H,5,7,14H2,1H3. The van der Waals surface area contributed by atoms with E-state index in [-0.39, 0.29) is 0 Å². The van der Waals surface area contributed by atoms with Gasteiger partial charge in [-0.2, -0.15) is 11.3 Å². The van der Waals surface area contributed by atoms with Crippen molar-refractivity contribution in [2.75, 3.05) is 11.5 Å². The fraction of sp³-hybridized carbons (Fsp3) is 0.231. The Bertz CT molecular complexity index is 520. The van der Waals surface area contributed by atoms with Crippen LogP contribution in [0.2, 0.25) is 0 Å². The molecule has 2 N–H and O–H groups in total. The number of nitrogens with two attached hydrogens (primary N) is 1. The van der Waals surface area contributed by atoms with Crippen LogP contribution in [0.25, 0.3) is 0 Å². The Hall–Kier alpha value is -1.13. The molecule has 2 nitrogen and oxygen atoms in total. The van der Waals surface area contributed by atoms with Crippen molar-refractivity contribution in [2.24, 2.45) is 0 Å². The minimum atomic E-state index is -0.965. The van der Waals surface area contributed by atoms with Gasteiger partial charge in [-0.05, 0) is 53.4 Å². The zero-order valence-corrected chi connectivity index (χ0v) is 11.3. The smallest absolute Gasteiger partial charge is 0.0536 e. The van der Waals surface area contributed by atoms with Gasteiger partial charge < -0.3 is 5.73 Å². The maximum absolute atomic E-state index is 12.2. The second kappa shape index (κ2) is 5.47. The highest BCUT2D eigenvalue weighted by atomic mass is 32.2. The summed E-state index contributed by atoms with van der Waals surface area (Å²) in [6, 6.07) is 7.66. The predicted octanol–water partition coefficient (Wildman–Crippen LogP) is 2.99. The van der Waals surface area contributed by atoms with E-state index < -0.39 is 10.8 Å². The maximum Gasteiger partial charge on any atom is 0.0536 e. The Morgan fingerprint density at radius 1 is 1.35 bits per heavy atom. The molecule has 1 atom stereocenters. The van der Waals surface area contributed by atoms with Gasteiger partial charge in [-0.3, -0.25) is 4.21 Å². The van der Waals surface area contributed by atoms with Gasteiger partial charge in [0, 0.05) is 16.3 Å². The molecule has 90 valence electrons. The fourth-order valence-corrected chi connectivity index (χ4v) is 3.66. The van der Waals surface area contributed by atoms with Crippen LogP contribution in [0, 0.1) is 6.92 Å². The lowest BCUT2D eigenvalue weighted by Gasteiger charge is -2.06. The number of hydrogen-bond donors (Lipinski definition) is 1. The van der Waals surface area contributed by atoms with Gasteiger partial charge in [0.15, 0.2) is 0 Å². The van der Waals surface area contributed by atoms with Gasteiger partial charge in [-0.25, -0.2) is 0 Å². The summed E-state index contributed by atoms with van der Waals surface area (Å²) in [5.74, 6) is 0.654. The van der Waals surface area contributed by atoms with E-state index in [4.69, 9.17) is 5.73 Å². The van der Waals surface area contributed by atoms with E-state index in [0.29, 0.717) is 11.4 Å². The van der Waals surface area contributed by atoms with Crippen molar-refractivity contribution in [1.82, 2.24) is 0 Å². The van der Waals surface area contributed by atoms with Gasteiger partial charge in [0.25, 0.3) is 0 Å². The van der Waals surface area contributed by atoms with Crippen molar-refractivity contribution in [1.29, 1.82) is 0 Å². The lowest BCUT2D eigenvalue weighted by molar-refractivity contribution is 0.682. The Morgan fingerprint density at radius 2 is 2.18 bits per heavy atom. The van der Waals surface area contributed by atoms with E-state index in [0.717, 1.165) is 16.9 Å². The van der Waals surface area contributed by atoms with E-state index in [1.165, 1.54) is 5.56 Å². The minimum Gasteiger partial charge on any atom is -0.399 e. The highest BCUT2D eigenvalue weighted by Crippen LogP contribution is 2.18. The predicted molar refractivity (Wildman–Crippen MR) is 74.9 cm³/mol. The van der Waals surface area contributed by atoms with Gasteiger partial charge in [-0.15, -0.1) is 0 Å². The van der Waals surface area contributed by atoms with Crippen LogP contribution in [-0.4, -0.2) is 9.96 Å². The molecule has 0 bridgehead atoms. The van der Waals surface area contributed by atoms with E-state index in [2.05, 4.69) is 11.4 Å². The van der Waals surface area contributed by atoms with Crippen molar-refractivity contribution in [3.8, 4) is 0 Å². The average Bonchev–Trinajstić information content (AvgIpc) is 2.82. The van der Waals surface area contributed by atoms with Gasteiger partial charge >= 0.3 is 0 Å². The molecule has 0 aliphatic carbocycles. The zero-order valence-electron chi connectivity index (χ0n) is 9.68. The van der Waals surface area contributed by atoms with Crippen LogP contribution in [0.5, 0.6) is 0 Å². The zero-order chi connectivity index (χ0) is 12.3. The molecule has 2 aromatic rings. The number of hydrogen-bond acceptors (Lipinski definition) is 3. The Labute approximate surface area is 108 Å². The van der Waals surface area contributed by atoms with Crippen molar-refractivity contribution in [3.05, 3.63) is 46.2 Å². The molecular weight excluding hydrogens is 250 g/mol. The third-order valence-electron chi connectivity index (χ3n) is 2.61. The van der Waals surface area contributed by atoms with E-state index in [9.17, 15) is 4.21 Å². The van der Waals surface area contributed by atoms with Gasteiger partial charge in [-0.1, -0.05) is 6.07 Å². The van der Waals surface area contributed by atoms with Crippen LogP contribution in [0.15, 0.2) is 39.9 Å². The first-order chi connectivity index (χ1) is 8.16. The normalized spacial score (nSPS) is 12.5. The van der Waals surface area contributed by atoms with E-state index in [1.807, 2.05) is 30.5 Å². The number of thiophene rings is 1.